The monoisotopic (exact) mass is 584 g/mol. The Bertz CT molecular complexity index is 1330. The number of epoxide rings is 1. The lowest BCUT2D eigenvalue weighted by atomic mass is 9.48. The number of esters is 4. The first-order valence-corrected chi connectivity index (χ1v) is 14.4. The van der Waals surface area contributed by atoms with Crippen LogP contribution >= 0.6 is 0 Å². The van der Waals surface area contributed by atoms with Crippen molar-refractivity contribution in [3.63, 3.8) is 0 Å². The molecule has 228 valence electrons. The predicted molar refractivity (Wildman–Crippen MR) is 148 cm³/mol. The summed E-state index contributed by atoms with van der Waals surface area (Å²) < 4.78 is 35.2. The fourth-order valence-corrected chi connectivity index (χ4v) is 8.51. The summed E-state index contributed by atoms with van der Waals surface area (Å²) in [5.74, 6) is -3.63. The zero-order valence-corrected chi connectivity index (χ0v) is 25.3. The Labute approximate surface area is 245 Å². The van der Waals surface area contributed by atoms with E-state index in [2.05, 4.69) is 6.58 Å². The molecule has 2 aliphatic carbocycles. The van der Waals surface area contributed by atoms with Crippen molar-refractivity contribution < 1.29 is 47.3 Å². The van der Waals surface area contributed by atoms with Crippen LogP contribution in [0.3, 0.4) is 0 Å². The smallest absolute Gasteiger partial charge is 0.330 e. The summed E-state index contributed by atoms with van der Waals surface area (Å²) in [5, 5.41) is 0. The molecule has 4 aliphatic rings. The molecule has 1 saturated heterocycles. The zero-order chi connectivity index (χ0) is 30.8. The van der Waals surface area contributed by atoms with E-state index in [9.17, 15) is 19.2 Å². The fraction of sp³-hybridized carbons (Fsp3) is 0.625. The quantitative estimate of drug-likeness (QED) is 0.196. The van der Waals surface area contributed by atoms with Gasteiger partial charge in [0.25, 0.3) is 0 Å². The van der Waals surface area contributed by atoms with Crippen LogP contribution in [-0.2, 0) is 42.9 Å². The van der Waals surface area contributed by atoms with Gasteiger partial charge in [-0.1, -0.05) is 33.4 Å². The summed E-state index contributed by atoms with van der Waals surface area (Å²) >= 11 is 0. The van der Waals surface area contributed by atoms with E-state index < -0.39 is 70.0 Å². The zero-order valence-electron chi connectivity index (χ0n) is 25.3. The molecule has 2 aliphatic heterocycles. The van der Waals surface area contributed by atoms with E-state index in [1.165, 1.54) is 20.1 Å². The van der Waals surface area contributed by atoms with Crippen LogP contribution in [0.25, 0.3) is 0 Å². The van der Waals surface area contributed by atoms with E-state index in [4.69, 9.17) is 28.1 Å². The number of furan rings is 1. The first-order valence-electron chi connectivity index (χ1n) is 14.4. The summed E-state index contributed by atoms with van der Waals surface area (Å²) in [6, 6.07) is 1.88. The highest BCUT2D eigenvalue weighted by Crippen LogP contribution is 2.76. The predicted octanol–water partition coefficient (Wildman–Crippen LogP) is 4.43. The van der Waals surface area contributed by atoms with Crippen LogP contribution in [0.15, 0.2) is 47.3 Å². The molecule has 9 atom stereocenters. The SMILES string of the molecule is C=C1[C@@H]([C@@]2(C)C=CC(=O)OC(C)(C)[C@@H]2CC(=O)OC)[C@@H](OC(C)=O)[C@H](OC(=O)CC)[C@@]2(C)[C@H](c3ccoc3)C[C@H]3O[C@]132. The van der Waals surface area contributed by atoms with E-state index in [1.807, 2.05) is 19.9 Å². The molecule has 1 aromatic rings. The van der Waals surface area contributed by atoms with Crippen LogP contribution in [0.5, 0.6) is 0 Å². The molecule has 2 saturated carbocycles. The molecule has 5 rings (SSSR count). The highest BCUT2D eigenvalue weighted by Gasteiger charge is 2.84. The minimum atomic E-state index is -1.14. The summed E-state index contributed by atoms with van der Waals surface area (Å²) in [5.41, 5.74) is -2.45. The van der Waals surface area contributed by atoms with Gasteiger partial charge >= 0.3 is 23.9 Å². The molecule has 1 aromatic heterocycles. The van der Waals surface area contributed by atoms with Gasteiger partial charge in [-0.3, -0.25) is 14.4 Å². The van der Waals surface area contributed by atoms with Gasteiger partial charge in [-0.2, -0.15) is 0 Å². The number of methoxy groups -OCH3 is 1. The first kappa shape index (κ1) is 30.1. The number of rotatable bonds is 7. The van der Waals surface area contributed by atoms with Crippen LogP contribution in [0.4, 0.5) is 0 Å². The van der Waals surface area contributed by atoms with Gasteiger partial charge in [-0.05, 0) is 37.5 Å². The first-order chi connectivity index (χ1) is 19.7. The molecule has 42 heavy (non-hydrogen) atoms. The molecular formula is C32H40O10. The van der Waals surface area contributed by atoms with Gasteiger partial charge < -0.3 is 28.1 Å². The van der Waals surface area contributed by atoms with Crippen LogP contribution in [0, 0.1) is 22.7 Å². The van der Waals surface area contributed by atoms with Gasteiger partial charge in [0.05, 0.1) is 37.6 Å². The van der Waals surface area contributed by atoms with E-state index in [1.54, 1.807) is 39.4 Å². The molecule has 0 radical (unpaired) electrons. The minimum Gasteiger partial charge on any atom is -0.472 e. The van der Waals surface area contributed by atoms with Crippen molar-refractivity contribution in [3.05, 3.63) is 48.5 Å². The number of cyclic esters (lactones) is 1. The third kappa shape index (κ3) is 4.24. The molecule has 1 spiro atoms. The molecule has 10 nitrogen and oxygen atoms in total. The van der Waals surface area contributed by atoms with Crippen molar-refractivity contribution in [1.82, 2.24) is 0 Å². The van der Waals surface area contributed by atoms with Crippen molar-refractivity contribution in [2.45, 2.75) is 96.2 Å². The molecule has 0 aromatic carbocycles. The lowest BCUT2D eigenvalue weighted by Crippen LogP contribution is -2.66. The number of carbonyl (C=O) groups excluding carboxylic acids is 4. The van der Waals surface area contributed by atoms with Gasteiger partial charge in [-0.15, -0.1) is 0 Å². The highest BCUT2D eigenvalue weighted by molar-refractivity contribution is 5.83. The minimum absolute atomic E-state index is 0.0974. The summed E-state index contributed by atoms with van der Waals surface area (Å²) in [4.78, 5) is 51.5. The number of allylic oxidation sites excluding steroid dienone is 1. The number of carbonyl (C=O) groups is 4. The van der Waals surface area contributed by atoms with Gasteiger partial charge in [0.2, 0.25) is 0 Å². The molecule has 0 unspecified atom stereocenters. The Morgan fingerprint density at radius 2 is 1.83 bits per heavy atom. The van der Waals surface area contributed by atoms with Gasteiger partial charge in [0.1, 0.15) is 23.4 Å². The topological polar surface area (TPSA) is 131 Å². The molecule has 0 N–H and O–H groups in total. The standard InChI is InChI=1S/C32H40O10/c1-9-23(34)40-28-27(39-18(3)33)26(30(6)12-10-24(35)42-29(4,5)21(30)15-25(36)37-8)17(2)32-22(41-32)14-20(31(28,32)7)19-11-13-38-16-19/h10-13,16,20-22,26-28H,2,9,14-15H2,1,3-8H3/t20-,21-,22+,26+,27+,28-,30-,31+,32+/m0/s1. The van der Waals surface area contributed by atoms with Crippen molar-refractivity contribution in [2.75, 3.05) is 7.11 Å². The Hall–Kier alpha value is -3.40. The Balaban J connectivity index is 1.75. The van der Waals surface area contributed by atoms with Gasteiger partial charge in [0.15, 0.2) is 0 Å². The molecule has 0 bridgehead atoms. The van der Waals surface area contributed by atoms with Crippen LogP contribution < -0.4 is 0 Å². The van der Waals surface area contributed by atoms with Crippen LogP contribution in [0.1, 0.15) is 72.3 Å². The van der Waals surface area contributed by atoms with Crippen molar-refractivity contribution in [2.24, 2.45) is 22.7 Å². The van der Waals surface area contributed by atoms with Crippen molar-refractivity contribution >= 4 is 23.9 Å². The second-order valence-corrected chi connectivity index (χ2v) is 12.9. The van der Waals surface area contributed by atoms with Crippen molar-refractivity contribution in [3.8, 4) is 0 Å². The largest absolute Gasteiger partial charge is 0.472 e. The fourth-order valence-electron chi connectivity index (χ4n) is 8.51. The lowest BCUT2D eigenvalue weighted by Gasteiger charge is -2.58. The van der Waals surface area contributed by atoms with E-state index in [0.29, 0.717) is 12.0 Å². The third-order valence-corrected chi connectivity index (χ3v) is 10.4. The maximum absolute atomic E-state index is 13.1. The maximum atomic E-state index is 13.1. The second kappa shape index (κ2) is 10.1. The average molecular weight is 585 g/mol. The van der Waals surface area contributed by atoms with Gasteiger partial charge in [-0.25, -0.2) is 4.79 Å². The summed E-state index contributed by atoms with van der Waals surface area (Å²) in [6.07, 6.45) is 4.72. The Morgan fingerprint density at radius 3 is 2.43 bits per heavy atom. The Morgan fingerprint density at radius 1 is 1.12 bits per heavy atom. The normalized spacial score (nSPS) is 39.8. The van der Waals surface area contributed by atoms with Crippen molar-refractivity contribution in [1.29, 1.82) is 0 Å². The van der Waals surface area contributed by atoms with Crippen LogP contribution in [0.2, 0.25) is 0 Å². The number of ether oxygens (including phenoxy) is 5. The second-order valence-electron chi connectivity index (χ2n) is 12.9. The summed E-state index contributed by atoms with van der Waals surface area (Å²) in [7, 11) is 1.30. The number of hydrogen-bond acceptors (Lipinski definition) is 10. The van der Waals surface area contributed by atoms with Gasteiger partial charge in [0, 0.05) is 42.6 Å². The third-order valence-electron chi connectivity index (χ3n) is 10.4. The lowest BCUT2D eigenvalue weighted by molar-refractivity contribution is -0.209. The van der Waals surface area contributed by atoms with Crippen LogP contribution in [-0.4, -0.2) is 60.5 Å². The number of hydrogen-bond donors (Lipinski definition) is 0. The maximum Gasteiger partial charge on any atom is 0.330 e. The molecule has 3 fully saturated rings. The molecule has 3 heterocycles. The average Bonchev–Trinajstić information content (AvgIpc) is 3.29. The van der Waals surface area contributed by atoms with E-state index in [-0.39, 0.29) is 24.9 Å². The highest BCUT2D eigenvalue weighted by atomic mass is 16.6. The molecular weight excluding hydrogens is 544 g/mol. The molecule has 10 heteroatoms. The molecule has 0 amide bonds. The summed E-state index contributed by atoms with van der Waals surface area (Å²) in [6.45, 7) is 15.0. The van der Waals surface area contributed by atoms with E-state index in [0.717, 1.165) is 5.56 Å². The van der Waals surface area contributed by atoms with E-state index >= 15 is 0 Å². The Kier molecular flexibility index (Phi) is 7.23.